The van der Waals surface area contributed by atoms with Gasteiger partial charge in [0.15, 0.2) is 0 Å². The van der Waals surface area contributed by atoms with E-state index in [0.717, 1.165) is 55.6 Å². The van der Waals surface area contributed by atoms with Crippen LogP contribution in [0.25, 0.3) is 0 Å². The van der Waals surface area contributed by atoms with Crippen molar-refractivity contribution in [2.45, 2.75) is 50.6 Å². The number of hydrogen-bond acceptors (Lipinski definition) is 3. The fourth-order valence-electron chi connectivity index (χ4n) is 6.43. The molecule has 2 atom stereocenters. The third-order valence-electron chi connectivity index (χ3n) is 8.66. The first-order valence-electron chi connectivity index (χ1n) is 13.9. The van der Waals surface area contributed by atoms with Crippen molar-refractivity contribution < 1.29 is 14.0 Å². The molecule has 2 fully saturated rings. The van der Waals surface area contributed by atoms with Gasteiger partial charge in [-0.25, -0.2) is 4.39 Å². The van der Waals surface area contributed by atoms with Crippen molar-refractivity contribution in [2.24, 2.45) is 5.92 Å². The number of rotatable bonds is 8. The van der Waals surface area contributed by atoms with Gasteiger partial charge in [0.25, 0.3) is 0 Å². The number of likely N-dealkylation sites (tertiary alicyclic amines) is 1. The van der Waals surface area contributed by atoms with Crippen molar-refractivity contribution in [3.63, 3.8) is 0 Å². The highest BCUT2D eigenvalue weighted by atomic mass is 19.1. The molecular formula is C33H38FN3O2. The Labute approximate surface area is 231 Å². The molecule has 0 aromatic heterocycles. The third-order valence-corrected chi connectivity index (χ3v) is 8.66. The van der Waals surface area contributed by atoms with Gasteiger partial charge < -0.3 is 15.1 Å². The molecule has 3 aromatic rings. The molecule has 2 aliphatic rings. The van der Waals surface area contributed by atoms with Gasteiger partial charge in [-0.3, -0.25) is 9.59 Å². The fourth-order valence-corrected chi connectivity index (χ4v) is 6.43. The SMILES string of the molecule is CC(=O)NC1(c2ccccc2)CCN(CC2CC2(C(=O)N(C)Cc2ccc(F)cc2)c2ccc(C)cc2)CC1. The van der Waals surface area contributed by atoms with Crippen LogP contribution in [0.2, 0.25) is 0 Å². The van der Waals surface area contributed by atoms with Crippen LogP contribution in [0, 0.1) is 18.7 Å². The normalized spacial score (nSPS) is 22.2. The van der Waals surface area contributed by atoms with Gasteiger partial charge in [-0.05, 0) is 60.9 Å². The zero-order valence-electron chi connectivity index (χ0n) is 23.1. The lowest BCUT2D eigenvalue weighted by atomic mass is 9.80. The number of aryl methyl sites for hydroxylation is 1. The lowest BCUT2D eigenvalue weighted by molar-refractivity contribution is -0.133. The molecule has 0 bridgehead atoms. The highest BCUT2D eigenvalue weighted by Crippen LogP contribution is 2.56. The van der Waals surface area contributed by atoms with Crippen molar-refractivity contribution in [3.8, 4) is 0 Å². The van der Waals surface area contributed by atoms with E-state index < -0.39 is 5.41 Å². The van der Waals surface area contributed by atoms with Gasteiger partial charge in [0.1, 0.15) is 5.82 Å². The van der Waals surface area contributed by atoms with Gasteiger partial charge in [-0.15, -0.1) is 0 Å². The van der Waals surface area contributed by atoms with Crippen LogP contribution in [0.15, 0.2) is 78.9 Å². The van der Waals surface area contributed by atoms with Crippen LogP contribution in [-0.4, -0.2) is 48.3 Å². The average Bonchev–Trinajstić information content (AvgIpc) is 3.65. The zero-order chi connectivity index (χ0) is 27.6. The minimum Gasteiger partial charge on any atom is -0.347 e. The Hall–Kier alpha value is -3.51. The van der Waals surface area contributed by atoms with E-state index in [2.05, 4.69) is 53.5 Å². The molecule has 6 heteroatoms. The highest BCUT2D eigenvalue weighted by Gasteiger charge is 2.62. The van der Waals surface area contributed by atoms with Crippen LogP contribution in [0.5, 0.6) is 0 Å². The van der Waals surface area contributed by atoms with E-state index in [4.69, 9.17) is 0 Å². The number of carbonyl (C=O) groups is 2. The van der Waals surface area contributed by atoms with Crippen molar-refractivity contribution in [2.75, 3.05) is 26.7 Å². The molecule has 1 aliphatic carbocycles. The second kappa shape index (κ2) is 10.9. The number of amides is 2. The van der Waals surface area contributed by atoms with Crippen LogP contribution in [0.4, 0.5) is 4.39 Å². The number of nitrogens with zero attached hydrogens (tertiary/aromatic N) is 2. The summed E-state index contributed by atoms with van der Waals surface area (Å²) in [7, 11) is 1.85. The quantitative estimate of drug-likeness (QED) is 0.439. The largest absolute Gasteiger partial charge is 0.347 e. The minimum absolute atomic E-state index is 0.0114. The molecule has 2 unspecified atom stereocenters. The molecule has 1 aliphatic heterocycles. The molecule has 5 rings (SSSR count). The summed E-state index contributed by atoms with van der Waals surface area (Å²) in [4.78, 5) is 30.4. The van der Waals surface area contributed by atoms with E-state index in [1.54, 1.807) is 24.0 Å². The van der Waals surface area contributed by atoms with E-state index in [1.165, 1.54) is 17.7 Å². The number of hydrogen-bond donors (Lipinski definition) is 1. The Morgan fingerprint density at radius 1 is 0.949 bits per heavy atom. The maximum absolute atomic E-state index is 14.0. The van der Waals surface area contributed by atoms with Gasteiger partial charge in [0, 0.05) is 40.2 Å². The van der Waals surface area contributed by atoms with Gasteiger partial charge in [0.05, 0.1) is 11.0 Å². The van der Waals surface area contributed by atoms with E-state index in [0.29, 0.717) is 6.54 Å². The lowest BCUT2D eigenvalue weighted by Crippen LogP contribution is -2.53. The number of halogens is 1. The Bertz CT molecular complexity index is 1300. The molecule has 39 heavy (non-hydrogen) atoms. The number of nitrogens with one attached hydrogen (secondary N) is 1. The summed E-state index contributed by atoms with van der Waals surface area (Å²) in [6.07, 6.45) is 2.48. The second-order valence-electron chi connectivity index (χ2n) is 11.5. The molecule has 204 valence electrons. The molecular weight excluding hydrogens is 489 g/mol. The maximum Gasteiger partial charge on any atom is 0.233 e. The second-order valence-corrected chi connectivity index (χ2v) is 11.5. The summed E-state index contributed by atoms with van der Waals surface area (Å²) in [5, 5.41) is 3.26. The molecule has 3 aromatic carbocycles. The summed E-state index contributed by atoms with van der Waals surface area (Å²) in [5.41, 5.74) is 3.40. The molecule has 1 saturated carbocycles. The maximum atomic E-state index is 14.0. The summed E-state index contributed by atoms with van der Waals surface area (Å²) in [6.45, 7) is 6.65. The minimum atomic E-state index is -0.548. The molecule has 2 amide bonds. The number of likely N-dealkylation sites (N-methyl/N-ethyl adjacent to an activating group) is 1. The third kappa shape index (κ3) is 5.62. The molecule has 0 spiro atoms. The van der Waals surface area contributed by atoms with Gasteiger partial charge in [-0.2, -0.15) is 0 Å². The average molecular weight is 528 g/mol. The van der Waals surface area contributed by atoms with Crippen LogP contribution < -0.4 is 5.32 Å². The van der Waals surface area contributed by atoms with Crippen LogP contribution in [0.1, 0.15) is 48.4 Å². The molecule has 1 N–H and O–H groups in total. The van der Waals surface area contributed by atoms with Gasteiger partial charge >= 0.3 is 0 Å². The smallest absolute Gasteiger partial charge is 0.233 e. The predicted octanol–water partition coefficient (Wildman–Crippen LogP) is 5.18. The van der Waals surface area contributed by atoms with E-state index in [-0.39, 0.29) is 29.1 Å². The van der Waals surface area contributed by atoms with Crippen LogP contribution >= 0.6 is 0 Å². The Balaban J connectivity index is 1.31. The van der Waals surface area contributed by atoms with E-state index >= 15 is 0 Å². The summed E-state index contributed by atoms with van der Waals surface area (Å²) in [6, 6.07) is 25.0. The zero-order valence-corrected chi connectivity index (χ0v) is 23.1. The highest BCUT2D eigenvalue weighted by molar-refractivity contribution is 5.92. The predicted molar refractivity (Wildman–Crippen MR) is 151 cm³/mol. The number of benzene rings is 3. The Morgan fingerprint density at radius 2 is 1.59 bits per heavy atom. The molecule has 5 nitrogen and oxygen atoms in total. The van der Waals surface area contributed by atoms with Gasteiger partial charge in [-0.1, -0.05) is 72.3 Å². The molecule has 1 heterocycles. The van der Waals surface area contributed by atoms with E-state index in [9.17, 15) is 14.0 Å². The van der Waals surface area contributed by atoms with Crippen molar-refractivity contribution in [1.82, 2.24) is 15.1 Å². The van der Waals surface area contributed by atoms with Gasteiger partial charge in [0.2, 0.25) is 11.8 Å². The van der Waals surface area contributed by atoms with Crippen molar-refractivity contribution in [3.05, 3.63) is 107 Å². The first-order valence-corrected chi connectivity index (χ1v) is 13.9. The topological polar surface area (TPSA) is 52.7 Å². The number of carbonyl (C=O) groups excluding carboxylic acids is 2. The van der Waals surface area contributed by atoms with Crippen LogP contribution in [0.3, 0.4) is 0 Å². The summed E-state index contributed by atoms with van der Waals surface area (Å²) in [5.74, 6) is 0.0491. The first-order chi connectivity index (χ1) is 18.7. The summed E-state index contributed by atoms with van der Waals surface area (Å²) < 4.78 is 13.4. The number of piperidine rings is 1. The van der Waals surface area contributed by atoms with Crippen molar-refractivity contribution >= 4 is 11.8 Å². The first kappa shape index (κ1) is 27.1. The van der Waals surface area contributed by atoms with E-state index in [1.807, 2.05) is 25.2 Å². The lowest BCUT2D eigenvalue weighted by Gasteiger charge is -2.43. The Morgan fingerprint density at radius 3 is 2.21 bits per heavy atom. The Kier molecular flexibility index (Phi) is 7.59. The molecule has 0 radical (unpaired) electrons. The van der Waals surface area contributed by atoms with Crippen molar-refractivity contribution in [1.29, 1.82) is 0 Å². The monoisotopic (exact) mass is 527 g/mol. The fraction of sp³-hybridized carbons (Fsp3) is 0.394. The summed E-state index contributed by atoms with van der Waals surface area (Å²) >= 11 is 0. The van der Waals surface area contributed by atoms with Crippen LogP contribution in [-0.2, 0) is 27.1 Å². The molecule has 1 saturated heterocycles. The standard InChI is InChI=1S/C33H38FN3O2/c1-24-9-13-28(14-10-24)33(31(39)36(3)22-26-11-15-30(34)16-12-26)21-29(33)23-37-19-17-32(18-20-37,35-25(2)38)27-7-5-4-6-8-27/h4-16,29H,17-23H2,1-3H3,(H,35,38).